The number of hydrogen-bond acceptors (Lipinski definition) is 3. The number of pyridine rings is 1. The Bertz CT molecular complexity index is 726. The smallest absolute Gasteiger partial charge is 0.138 e. The summed E-state index contributed by atoms with van der Waals surface area (Å²) in [5.41, 5.74) is 3.82. The van der Waals surface area contributed by atoms with Crippen LogP contribution in [0.25, 0.3) is 5.57 Å². The van der Waals surface area contributed by atoms with Crippen LogP contribution in [0.1, 0.15) is 36.8 Å². The summed E-state index contributed by atoms with van der Waals surface area (Å²) in [6.07, 6.45) is 11.3. The number of aromatic nitrogens is 1. The monoisotopic (exact) mass is 320 g/mol. The molecule has 2 aliphatic rings. The Balaban J connectivity index is 1.50. The van der Waals surface area contributed by atoms with Crippen LogP contribution >= 0.6 is 0 Å². The molecule has 1 aromatic carbocycles. The molecule has 1 aromatic heterocycles. The lowest BCUT2D eigenvalue weighted by atomic mass is 9.83. The van der Waals surface area contributed by atoms with Crippen LogP contribution in [0.5, 0.6) is 5.75 Å². The second kappa shape index (κ2) is 6.78. The van der Waals surface area contributed by atoms with E-state index in [1.54, 1.807) is 0 Å². The minimum absolute atomic E-state index is 0.582. The Morgan fingerprint density at radius 2 is 2.04 bits per heavy atom. The summed E-state index contributed by atoms with van der Waals surface area (Å²) in [5.74, 6) is 0.848. The van der Waals surface area contributed by atoms with Gasteiger partial charge in [0.05, 0.1) is 6.20 Å². The predicted molar refractivity (Wildman–Crippen MR) is 96.8 cm³/mol. The van der Waals surface area contributed by atoms with E-state index in [1.165, 1.54) is 36.0 Å². The van der Waals surface area contributed by atoms with Gasteiger partial charge in [0.15, 0.2) is 0 Å². The number of ether oxygens (including phenoxy) is 1. The van der Waals surface area contributed by atoms with Crippen LogP contribution in [0.3, 0.4) is 0 Å². The van der Waals surface area contributed by atoms with E-state index in [9.17, 15) is 0 Å². The summed E-state index contributed by atoms with van der Waals surface area (Å²) < 4.78 is 5.94. The van der Waals surface area contributed by atoms with Gasteiger partial charge in [-0.05, 0) is 49.1 Å². The molecule has 0 aliphatic carbocycles. The average molecular weight is 320 g/mol. The fraction of sp³-hybridized carbons (Fsp3) is 0.381. The van der Waals surface area contributed by atoms with Crippen molar-refractivity contribution >= 4 is 5.57 Å². The Morgan fingerprint density at radius 3 is 2.88 bits per heavy atom. The molecule has 2 aromatic rings. The van der Waals surface area contributed by atoms with Crippen molar-refractivity contribution in [2.24, 2.45) is 0 Å². The van der Waals surface area contributed by atoms with Gasteiger partial charge in [-0.25, -0.2) is 0 Å². The molecule has 2 aliphatic heterocycles. The number of rotatable bonds is 4. The van der Waals surface area contributed by atoms with E-state index >= 15 is 0 Å². The zero-order chi connectivity index (χ0) is 16.4. The molecule has 2 atom stereocenters. The van der Waals surface area contributed by atoms with Gasteiger partial charge in [-0.2, -0.15) is 0 Å². The molecule has 0 amide bonds. The average Bonchev–Trinajstić information content (AvgIpc) is 2.61. The molecule has 3 heterocycles. The normalized spacial score (nSPS) is 23.6. The van der Waals surface area contributed by atoms with Gasteiger partial charge in [0.25, 0.3) is 0 Å². The lowest BCUT2D eigenvalue weighted by Crippen LogP contribution is -2.45. The second-order valence-corrected chi connectivity index (χ2v) is 6.90. The van der Waals surface area contributed by atoms with Gasteiger partial charge in [-0.3, -0.25) is 9.88 Å². The number of fused-ring (bicyclic) bond motifs is 2. The van der Waals surface area contributed by atoms with Crippen LogP contribution < -0.4 is 4.74 Å². The van der Waals surface area contributed by atoms with Gasteiger partial charge in [0, 0.05) is 18.3 Å². The highest BCUT2D eigenvalue weighted by atomic mass is 16.5. The van der Waals surface area contributed by atoms with Crippen molar-refractivity contribution in [2.45, 2.75) is 44.4 Å². The first-order valence-corrected chi connectivity index (χ1v) is 8.84. The van der Waals surface area contributed by atoms with Gasteiger partial charge in [-0.1, -0.05) is 42.8 Å². The van der Waals surface area contributed by atoms with Crippen molar-refractivity contribution in [3.8, 4) is 5.75 Å². The summed E-state index contributed by atoms with van der Waals surface area (Å²) in [6, 6.07) is 13.7. The molecular formula is C21H24N2O. The van der Waals surface area contributed by atoms with Crippen molar-refractivity contribution in [3.63, 3.8) is 0 Å². The quantitative estimate of drug-likeness (QED) is 0.840. The molecule has 1 saturated heterocycles. The lowest BCUT2D eigenvalue weighted by molar-refractivity contribution is 0.137. The Labute approximate surface area is 144 Å². The van der Waals surface area contributed by atoms with Crippen LogP contribution in [0, 0.1) is 0 Å². The molecule has 2 bridgehead atoms. The third-order valence-electron chi connectivity index (χ3n) is 5.32. The molecule has 1 fully saturated rings. The van der Waals surface area contributed by atoms with Crippen molar-refractivity contribution in [1.82, 2.24) is 9.88 Å². The summed E-state index contributed by atoms with van der Waals surface area (Å²) >= 11 is 0. The first kappa shape index (κ1) is 15.4. The molecule has 0 N–H and O–H groups in total. The maximum atomic E-state index is 5.94. The first-order chi connectivity index (χ1) is 11.8. The minimum atomic E-state index is 0.582. The van der Waals surface area contributed by atoms with Crippen LogP contribution in [-0.4, -0.2) is 29.0 Å². The van der Waals surface area contributed by atoms with E-state index in [4.69, 9.17) is 4.74 Å². The van der Waals surface area contributed by atoms with E-state index in [2.05, 4.69) is 41.2 Å². The maximum absolute atomic E-state index is 5.94. The highest BCUT2D eigenvalue weighted by molar-refractivity contribution is 5.68. The SMILES string of the molecule is CN1C2C=C(c3cncc(OCc4ccccc4)c3)CC1CCC2. The second-order valence-electron chi connectivity index (χ2n) is 6.90. The molecule has 3 heteroatoms. The minimum Gasteiger partial charge on any atom is -0.487 e. The number of nitrogens with zero attached hydrogens (tertiary/aromatic N) is 2. The topological polar surface area (TPSA) is 25.4 Å². The van der Waals surface area contributed by atoms with Gasteiger partial charge < -0.3 is 4.74 Å². The molecule has 0 saturated carbocycles. The Kier molecular flexibility index (Phi) is 4.35. The summed E-state index contributed by atoms with van der Waals surface area (Å²) in [7, 11) is 2.26. The van der Waals surface area contributed by atoms with Crippen molar-refractivity contribution in [3.05, 3.63) is 66.0 Å². The Morgan fingerprint density at radius 1 is 1.17 bits per heavy atom. The van der Waals surface area contributed by atoms with Gasteiger partial charge in [0.2, 0.25) is 0 Å². The molecule has 2 unspecified atom stereocenters. The van der Waals surface area contributed by atoms with E-state index in [0.717, 1.165) is 12.2 Å². The zero-order valence-corrected chi connectivity index (χ0v) is 14.2. The third-order valence-corrected chi connectivity index (χ3v) is 5.32. The fourth-order valence-corrected chi connectivity index (χ4v) is 3.87. The molecule has 3 nitrogen and oxygen atoms in total. The zero-order valence-electron chi connectivity index (χ0n) is 14.2. The first-order valence-electron chi connectivity index (χ1n) is 8.84. The van der Waals surface area contributed by atoms with Crippen LogP contribution in [0.15, 0.2) is 54.9 Å². The predicted octanol–water partition coefficient (Wildman–Crippen LogP) is 4.30. The molecular weight excluding hydrogens is 296 g/mol. The highest BCUT2D eigenvalue weighted by Crippen LogP contribution is 2.36. The highest BCUT2D eigenvalue weighted by Gasteiger charge is 2.31. The van der Waals surface area contributed by atoms with Gasteiger partial charge in [-0.15, -0.1) is 0 Å². The summed E-state index contributed by atoms with van der Waals surface area (Å²) in [5, 5.41) is 0. The van der Waals surface area contributed by atoms with E-state index in [1.807, 2.05) is 30.6 Å². The number of piperidine rings is 1. The maximum Gasteiger partial charge on any atom is 0.138 e. The van der Waals surface area contributed by atoms with Crippen LogP contribution in [-0.2, 0) is 6.61 Å². The lowest BCUT2D eigenvalue weighted by Gasteiger charge is -2.42. The van der Waals surface area contributed by atoms with Gasteiger partial charge >= 0.3 is 0 Å². The molecule has 124 valence electrons. The fourth-order valence-electron chi connectivity index (χ4n) is 3.87. The summed E-state index contributed by atoms with van der Waals surface area (Å²) in [4.78, 5) is 6.94. The third kappa shape index (κ3) is 3.22. The standard InChI is InChI=1S/C21H24N2O/c1-23-19-8-5-9-20(23)11-17(10-19)18-12-21(14-22-13-18)24-15-16-6-3-2-4-7-16/h2-4,6-7,10,12-14,19-20H,5,8-9,11,15H2,1H3. The molecule has 0 spiro atoms. The molecule has 4 rings (SSSR count). The van der Waals surface area contributed by atoms with Gasteiger partial charge in [0.1, 0.15) is 12.4 Å². The Hall–Kier alpha value is -2.13. The number of likely N-dealkylation sites (N-methyl/N-ethyl adjacent to an activating group) is 1. The van der Waals surface area contributed by atoms with E-state index in [0.29, 0.717) is 18.7 Å². The molecule has 0 radical (unpaired) electrons. The van der Waals surface area contributed by atoms with E-state index < -0.39 is 0 Å². The van der Waals surface area contributed by atoms with Crippen molar-refractivity contribution < 1.29 is 4.74 Å². The largest absolute Gasteiger partial charge is 0.487 e. The van der Waals surface area contributed by atoms with Crippen molar-refractivity contribution in [2.75, 3.05) is 7.05 Å². The number of benzene rings is 1. The van der Waals surface area contributed by atoms with Crippen molar-refractivity contribution in [1.29, 1.82) is 0 Å². The molecule has 24 heavy (non-hydrogen) atoms. The van der Waals surface area contributed by atoms with E-state index in [-0.39, 0.29) is 0 Å². The van der Waals surface area contributed by atoms with Crippen LogP contribution in [0.2, 0.25) is 0 Å². The number of hydrogen-bond donors (Lipinski definition) is 0. The van der Waals surface area contributed by atoms with Crippen LogP contribution in [0.4, 0.5) is 0 Å². The summed E-state index contributed by atoms with van der Waals surface area (Å²) in [6.45, 7) is 0.582.